The third-order valence-electron chi connectivity index (χ3n) is 3.83. The molecule has 0 heterocycles. The maximum atomic E-state index is 11.8. The number of carboxylic acid groups (broad SMARTS) is 1. The fourth-order valence-electron chi connectivity index (χ4n) is 2.60. The Bertz CT molecular complexity index is 307. The van der Waals surface area contributed by atoms with Crippen LogP contribution in [-0.2, 0) is 4.79 Å². The van der Waals surface area contributed by atoms with Crippen LogP contribution in [0.3, 0.4) is 0 Å². The van der Waals surface area contributed by atoms with E-state index in [1.165, 1.54) is 19.3 Å². The number of rotatable bonds is 6. The van der Waals surface area contributed by atoms with E-state index in [-0.39, 0.29) is 24.5 Å². The number of hydrogen-bond donors (Lipinski definition) is 3. The van der Waals surface area contributed by atoms with Gasteiger partial charge in [-0.2, -0.15) is 0 Å². The van der Waals surface area contributed by atoms with E-state index in [1.807, 2.05) is 6.92 Å². The molecular weight excluding hydrogens is 244 g/mol. The molecule has 0 aromatic rings. The van der Waals surface area contributed by atoms with Crippen molar-refractivity contribution < 1.29 is 14.7 Å². The van der Waals surface area contributed by atoms with Crippen LogP contribution >= 0.6 is 0 Å². The Morgan fingerprint density at radius 2 is 2.00 bits per heavy atom. The first-order chi connectivity index (χ1) is 8.99. The fraction of sp³-hybridized carbons (Fsp3) is 0.857. The van der Waals surface area contributed by atoms with Gasteiger partial charge in [-0.25, -0.2) is 4.79 Å². The van der Waals surface area contributed by atoms with Crippen molar-refractivity contribution in [2.24, 2.45) is 5.92 Å². The van der Waals surface area contributed by atoms with Gasteiger partial charge in [0.15, 0.2) is 0 Å². The Morgan fingerprint density at radius 1 is 1.32 bits per heavy atom. The Balaban J connectivity index is 2.20. The highest BCUT2D eigenvalue weighted by Crippen LogP contribution is 2.23. The molecule has 0 aliphatic heterocycles. The topological polar surface area (TPSA) is 78.4 Å². The summed E-state index contributed by atoms with van der Waals surface area (Å²) in [6, 6.07) is 0.166. The Hall–Kier alpha value is -1.26. The summed E-state index contributed by atoms with van der Waals surface area (Å²) in [4.78, 5) is 22.2. The molecule has 5 heteroatoms. The zero-order chi connectivity index (χ0) is 14.3. The molecule has 0 saturated heterocycles. The molecule has 0 aromatic heterocycles. The lowest BCUT2D eigenvalue weighted by atomic mass is 9.86. The van der Waals surface area contributed by atoms with Gasteiger partial charge in [-0.3, -0.25) is 4.79 Å². The molecule has 19 heavy (non-hydrogen) atoms. The van der Waals surface area contributed by atoms with Gasteiger partial charge in [-0.05, 0) is 38.5 Å². The molecule has 0 radical (unpaired) electrons. The Labute approximate surface area is 115 Å². The van der Waals surface area contributed by atoms with Crippen LogP contribution in [0.5, 0.6) is 0 Å². The molecular formula is C14H26N2O3. The lowest BCUT2D eigenvalue weighted by Crippen LogP contribution is -2.48. The average molecular weight is 270 g/mol. The maximum Gasteiger partial charge on any atom is 0.315 e. The first kappa shape index (κ1) is 15.8. The molecule has 1 aliphatic rings. The zero-order valence-corrected chi connectivity index (χ0v) is 11.9. The molecule has 0 bridgehead atoms. The van der Waals surface area contributed by atoms with Crippen LogP contribution < -0.4 is 10.6 Å². The summed E-state index contributed by atoms with van der Waals surface area (Å²) >= 11 is 0. The highest BCUT2D eigenvalue weighted by atomic mass is 16.4. The van der Waals surface area contributed by atoms with Crippen molar-refractivity contribution in [1.82, 2.24) is 10.6 Å². The van der Waals surface area contributed by atoms with E-state index < -0.39 is 5.97 Å². The SMILES string of the molecule is CC(CCCC(=O)O)NC(=O)NC1CCCCC1C. The smallest absolute Gasteiger partial charge is 0.315 e. The highest BCUT2D eigenvalue weighted by Gasteiger charge is 2.23. The summed E-state index contributed by atoms with van der Waals surface area (Å²) in [5.41, 5.74) is 0. The normalized spacial score (nSPS) is 24.5. The lowest BCUT2D eigenvalue weighted by Gasteiger charge is -2.30. The van der Waals surface area contributed by atoms with Crippen molar-refractivity contribution in [2.45, 2.75) is 70.9 Å². The van der Waals surface area contributed by atoms with Crippen LogP contribution in [0.4, 0.5) is 4.79 Å². The summed E-state index contributed by atoms with van der Waals surface area (Å²) in [5.74, 6) is -0.241. The molecule has 3 atom stereocenters. The van der Waals surface area contributed by atoms with Crippen molar-refractivity contribution in [2.75, 3.05) is 0 Å². The van der Waals surface area contributed by atoms with E-state index in [0.717, 1.165) is 6.42 Å². The van der Waals surface area contributed by atoms with Crippen molar-refractivity contribution >= 4 is 12.0 Å². The minimum absolute atomic E-state index is 0.0123. The van der Waals surface area contributed by atoms with Crippen LogP contribution in [0.25, 0.3) is 0 Å². The van der Waals surface area contributed by atoms with Gasteiger partial charge >= 0.3 is 12.0 Å². The highest BCUT2D eigenvalue weighted by molar-refractivity contribution is 5.74. The van der Waals surface area contributed by atoms with E-state index in [9.17, 15) is 9.59 Å². The number of nitrogens with one attached hydrogen (secondary N) is 2. The van der Waals surface area contributed by atoms with Crippen LogP contribution in [0.2, 0.25) is 0 Å². The van der Waals surface area contributed by atoms with Gasteiger partial charge in [-0.15, -0.1) is 0 Å². The van der Waals surface area contributed by atoms with Crippen LogP contribution in [0.1, 0.15) is 58.8 Å². The van der Waals surface area contributed by atoms with Crippen LogP contribution in [0, 0.1) is 5.92 Å². The maximum absolute atomic E-state index is 11.8. The van der Waals surface area contributed by atoms with Crippen molar-refractivity contribution in [3.05, 3.63) is 0 Å². The largest absolute Gasteiger partial charge is 0.481 e. The first-order valence-electron chi connectivity index (χ1n) is 7.28. The molecule has 3 unspecified atom stereocenters. The van der Waals surface area contributed by atoms with E-state index in [2.05, 4.69) is 17.6 Å². The molecule has 3 N–H and O–H groups in total. The number of aliphatic carboxylic acids is 1. The van der Waals surface area contributed by atoms with Gasteiger partial charge in [0, 0.05) is 18.5 Å². The van der Waals surface area contributed by atoms with E-state index >= 15 is 0 Å². The summed E-state index contributed by atoms with van der Waals surface area (Å²) in [5, 5.41) is 14.5. The van der Waals surface area contributed by atoms with Gasteiger partial charge in [0.2, 0.25) is 0 Å². The third kappa shape index (κ3) is 6.45. The molecule has 1 aliphatic carbocycles. The number of carbonyl (C=O) groups is 2. The summed E-state index contributed by atoms with van der Waals surface area (Å²) in [6.07, 6.45) is 6.13. The molecule has 1 rings (SSSR count). The second-order valence-corrected chi connectivity index (χ2v) is 5.67. The minimum Gasteiger partial charge on any atom is -0.481 e. The van der Waals surface area contributed by atoms with Crippen molar-refractivity contribution in [3.8, 4) is 0 Å². The van der Waals surface area contributed by atoms with Crippen LogP contribution in [-0.4, -0.2) is 29.2 Å². The average Bonchev–Trinajstić information content (AvgIpc) is 2.31. The molecule has 1 fully saturated rings. The summed E-state index contributed by atoms with van der Waals surface area (Å²) in [7, 11) is 0. The molecule has 5 nitrogen and oxygen atoms in total. The van der Waals surface area contributed by atoms with E-state index in [0.29, 0.717) is 18.8 Å². The zero-order valence-electron chi connectivity index (χ0n) is 11.9. The molecule has 2 amide bonds. The predicted octanol–water partition coefficient (Wildman–Crippen LogP) is 2.51. The Morgan fingerprint density at radius 3 is 2.63 bits per heavy atom. The minimum atomic E-state index is -0.785. The third-order valence-corrected chi connectivity index (χ3v) is 3.83. The molecule has 0 spiro atoms. The standard InChI is InChI=1S/C14H26N2O3/c1-10-6-3-4-8-12(10)16-14(19)15-11(2)7-5-9-13(17)18/h10-12H,3-9H2,1-2H3,(H,17,18)(H2,15,16,19). The monoisotopic (exact) mass is 270 g/mol. The fourth-order valence-corrected chi connectivity index (χ4v) is 2.60. The number of amides is 2. The predicted molar refractivity (Wildman–Crippen MR) is 74.0 cm³/mol. The second-order valence-electron chi connectivity index (χ2n) is 5.67. The first-order valence-corrected chi connectivity index (χ1v) is 7.28. The molecule has 110 valence electrons. The van der Waals surface area contributed by atoms with E-state index in [4.69, 9.17) is 5.11 Å². The number of carboxylic acids is 1. The van der Waals surface area contributed by atoms with Gasteiger partial charge in [0.05, 0.1) is 0 Å². The summed E-state index contributed by atoms with van der Waals surface area (Å²) in [6.45, 7) is 4.09. The number of hydrogen-bond acceptors (Lipinski definition) is 2. The quantitative estimate of drug-likeness (QED) is 0.694. The summed E-state index contributed by atoms with van der Waals surface area (Å²) < 4.78 is 0. The molecule has 1 saturated carbocycles. The van der Waals surface area contributed by atoms with Crippen molar-refractivity contribution in [3.63, 3.8) is 0 Å². The van der Waals surface area contributed by atoms with Gasteiger partial charge in [0.1, 0.15) is 0 Å². The number of urea groups is 1. The molecule has 0 aromatic carbocycles. The van der Waals surface area contributed by atoms with Gasteiger partial charge in [0.25, 0.3) is 0 Å². The van der Waals surface area contributed by atoms with Gasteiger partial charge in [-0.1, -0.05) is 19.8 Å². The lowest BCUT2D eigenvalue weighted by molar-refractivity contribution is -0.137. The van der Waals surface area contributed by atoms with Crippen molar-refractivity contribution in [1.29, 1.82) is 0 Å². The second kappa shape index (κ2) is 8.02. The Kier molecular flexibility index (Phi) is 6.67. The number of carbonyl (C=O) groups excluding carboxylic acids is 1. The van der Waals surface area contributed by atoms with E-state index in [1.54, 1.807) is 0 Å². The van der Waals surface area contributed by atoms with Gasteiger partial charge < -0.3 is 15.7 Å². The van der Waals surface area contributed by atoms with Crippen LogP contribution in [0.15, 0.2) is 0 Å².